The van der Waals surface area contributed by atoms with Crippen molar-refractivity contribution in [3.8, 4) is 0 Å². The van der Waals surface area contributed by atoms with Gasteiger partial charge in [0.05, 0.1) is 5.41 Å². The second-order valence-electron chi connectivity index (χ2n) is 7.13. The Morgan fingerprint density at radius 1 is 1.22 bits per heavy atom. The van der Waals surface area contributed by atoms with Gasteiger partial charge < -0.3 is 10.4 Å². The summed E-state index contributed by atoms with van der Waals surface area (Å²) in [5.41, 5.74) is 0.0684. The summed E-state index contributed by atoms with van der Waals surface area (Å²) in [4.78, 5) is 22.9. The minimum Gasteiger partial charge on any atom is -0.480 e. The van der Waals surface area contributed by atoms with Gasteiger partial charge in [-0.05, 0) is 55.8 Å². The van der Waals surface area contributed by atoms with Gasteiger partial charge in [-0.1, -0.05) is 6.92 Å². The second-order valence-corrected chi connectivity index (χ2v) is 7.13. The van der Waals surface area contributed by atoms with Crippen molar-refractivity contribution in [1.82, 2.24) is 5.32 Å². The monoisotopic (exact) mass is 251 g/mol. The number of rotatable bonds is 3. The molecule has 0 aliphatic heterocycles. The van der Waals surface area contributed by atoms with Gasteiger partial charge in [0.15, 0.2) is 0 Å². The number of carbonyl (C=O) groups is 2. The number of hydrogen-bond acceptors (Lipinski definition) is 2. The first kappa shape index (κ1) is 12.0. The Balaban J connectivity index is 1.78. The van der Waals surface area contributed by atoms with E-state index in [1.165, 1.54) is 19.3 Å². The third-order valence-corrected chi connectivity index (χ3v) is 5.24. The first-order valence-electron chi connectivity index (χ1n) is 6.91. The van der Waals surface area contributed by atoms with Crippen LogP contribution in [0.15, 0.2) is 0 Å². The lowest BCUT2D eigenvalue weighted by atomic mass is 9.44. The number of carboxylic acids is 1. The topological polar surface area (TPSA) is 66.4 Å². The van der Waals surface area contributed by atoms with E-state index in [1.54, 1.807) is 0 Å². The summed E-state index contributed by atoms with van der Waals surface area (Å²) in [7, 11) is 0. The molecule has 2 atom stereocenters. The molecule has 0 spiro atoms. The molecule has 0 aromatic heterocycles. The van der Waals surface area contributed by atoms with Gasteiger partial charge in [0.1, 0.15) is 6.54 Å². The van der Waals surface area contributed by atoms with E-state index in [1.807, 2.05) is 0 Å². The van der Waals surface area contributed by atoms with E-state index in [2.05, 4.69) is 12.2 Å². The average molecular weight is 251 g/mol. The first-order chi connectivity index (χ1) is 8.41. The molecule has 4 rings (SSSR count). The number of carboxylic acid groups (broad SMARTS) is 1. The van der Waals surface area contributed by atoms with E-state index in [-0.39, 0.29) is 17.9 Å². The molecule has 0 aromatic rings. The lowest BCUT2D eigenvalue weighted by Crippen LogP contribution is -2.57. The van der Waals surface area contributed by atoms with E-state index >= 15 is 0 Å². The number of aliphatic carboxylic acids is 1. The predicted molar refractivity (Wildman–Crippen MR) is 65.9 cm³/mol. The normalized spacial score (nSPS) is 44.9. The summed E-state index contributed by atoms with van der Waals surface area (Å²) in [5.74, 6) is 0.406. The van der Waals surface area contributed by atoms with Crippen molar-refractivity contribution in [1.29, 1.82) is 0 Å². The predicted octanol–water partition coefficient (Wildman–Crippen LogP) is 1.79. The molecule has 0 aromatic carbocycles. The van der Waals surface area contributed by atoms with Crippen LogP contribution in [0.1, 0.15) is 45.4 Å². The molecule has 4 saturated carbocycles. The van der Waals surface area contributed by atoms with Crippen LogP contribution in [-0.4, -0.2) is 23.5 Å². The molecular weight excluding hydrogens is 230 g/mol. The highest BCUT2D eigenvalue weighted by atomic mass is 16.4. The van der Waals surface area contributed by atoms with Gasteiger partial charge in [0, 0.05) is 0 Å². The van der Waals surface area contributed by atoms with Gasteiger partial charge in [-0.25, -0.2) is 0 Å². The van der Waals surface area contributed by atoms with Gasteiger partial charge >= 0.3 is 5.97 Å². The van der Waals surface area contributed by atoms with Crippen LogP contribution in [0.2, 0.25) is 0 Å². The molecule has 4 nitrogen and oxygen atoms in total. The minimum absolute atomic E-state index is 0.00905. The molecule has 2 N–H and O–H groups in total. The van der Waals surface area contributed by atoms with E-state index in [0.29, 0.717) is 17.3 Å². The van der Waals surface area contributed by atoms with Gasteiger partial charge in [0.2, 0.25) is 5.91 Å². The first-order valence-corrected chi connectivity index (χ1v) is 6.91. The molecule has 4 heteroatoms. The number of amides is 1. The van der Waals surface area contributed by atoms with E-state index in [0.717, 1.165) is 19.3 Å². The van der Waals surface area contributed by atoms with E-state index in [4.69, 9.17) is 5.11 Å². The van der Waals surface area contributed by atoms with Crippen molar-refractivity contribution in [2.24, 2.45) is 22.7 Å². The van der Waals surface area contributed by atoms with Crippen LogP contribution in [0.25, 0.3) is 0 Å². The quantitative estimate of drug-likeness (QED) is 0.803. The lowest BCUT2D eigenvalue weighted by Gasteiger charge is -2.60. The maximum absolute atomic E-state index is 12.4. The minimum atomic E-state index is -0.959. The molecule has 4 fully saturated rings. The maximum Gasteiger partial charge on any atom is 0.322 e. The van der Waals surface area contributed by atoms with Gasteiger partial charge in [-0.2, -0.15) is 0 Å². The fourth-order valence-corrected chi connectivity index (χ4v) is 5.33. The zero-order valence-electron chi connectivity index (χ0n) is 10.9. The zero-order valence-corrected chi connectivity index (χ0v) is 10.9. The molecule has 2 unspecified atom stereocenters. The van der Waals surface area contributed by atoms with Gasteiger partial charge in [0.25, 0.3) is 0 Å². The fourth-order valence-electron chi connectivity index (χ4n) is 5.33. The summed E-state index contributed by atoms with van der Waals surface area (Å²) in [6.45, 7) is 2.07. The largest absolute Gasteiger partial charge is 0.480 e. The smallest absolute Gasteiger partial charge is 0.322 e. The van der Waals surface area contributed by atoms with Crippen molar-refractivity contribution in [3.05, 3.63) is 0 Å². The van der Waals surface area contributed by atoms with E-state index in [9.17, 15) is 9.59 Å². The van der Waals surface area contributed by atoms with Gasteiger partial charge in [-0.3, -0.25) is 9.59 Å². The van der Waals surface area contributed by atoms with Crippen molar-refractivity contribution in [2.45, 2.75) is 45.4 Å². The molecule has 4 aliphatic carbocycles. The summed E-state index contributed by atoms with van der Waals surface area (Å²) >= 11 is 0. The highest BCUT2D eigenvalue weighted by Gasteiger charge is 2.58. The Labute approximate surface area is 107 Å². The highest BCUT2D eigenvalue weighted by Crippen LogP contribution is 2.65. The van der Waals surface area contributed by atoms with E-state index < -0.39 is 5.97 Å². The van der Waals surface area contributed by atoms with Crippen LogP contribution in [0.3, 0.4) is 0 Å². The molecule has 4 bridgehead atoms. The summed E-state index contributed by atoms with van der Waals surface area (Å²) in [5, 5.41) is 11.3. The lowest BCUT2D eigenvalue weighted by molar-refractivity contribution is -0.156. The molecule has 1 amide bonds. The molecule has 18 heavy (non-hydrogen) atoms. The van der Waals surface area contributed by atoms with Crippen LogP contribution >= 0.6 is 0 Å². The molecule has 0 heterocycles. The number of carbonyl (C=O) groups excluding carboxylic acids is 1. The highest BCUT2D eigenvalue weighted by molar-refractivity contribution is 5.86. The van der Waals surface area contributed by atoms with Crippen LogP contribution in [0.5, 0.6) is 0 Å². The second kappa shape index (κ2) is 3.72. The van der Waals surface area contributed by atoms with Gasteiger partial charge in [-0.15, -0.1) is 0 Å². The van der Waals surface area contributed by atoms with Crippen LogP contribution < -0.4 is 5.32 Å². The SMILES string of the molecule is CC12CC3CC(C1)CC(C(=O)NCC(=O)O)(C3)C2. The molecule has 4 aliphatic rings. The van der Waals surface area contributed by atoms with Crippen molar-refractivity contribution >= 4 is 11.9 Å². The van der Waals surface area contributed by atoms with Crippen molar-refractivity contribution in [3.63, 3.8) is 0 Å². The third-order valence-electron chi connectivity index (χ3n) is 5.24. The van der Waals surface area contributed by atoms with Crippen LogP contribution in [0, 0.1) is 22.7 Å². The Bertz CT molecular complexity index is 390. The Hall–Kier alpha value is -1.06. The van der Waals surface area contributed by atoms with Crippen molar-refractivity contribution < 1.29 is 14.7 Å². The summed E-state index contributed by atoms with van der Waals surface area (Å²) < 4.78 is 0. The fraction of sp³-hybridized carbons (Fsp3) is 0.857. The van der Waals surface area contributed by atoms with Crippen molar-refractivity contribution in [2.75, 3.05) is 6.54 Å². The Morgan fingerprint density at radius 3 is 2.33 bits per heavy atom. The molecule has 0 radical (unpaired) electrons. The Kier molecular flexibility index (Phi) is 2.48. The third kappa shape index (κ3) is 1.82. The van der Waals surface area contributed by atoms with Crippen LogP contribution in [-0.2, 0) is 9.59 Å². The molecular formula is C14H21NO3. The number of nitrogens with one attached hydrogen (secondary N) is 1. The molecule has 0 saturated heterocycles. The standard InChI is InChI=1S/C14H21NO3/c1-13-3-9-2-10(4-13)6-14(5-9,8-13)12(18)15-7-11(16)17/h9-10H,2-8H2,1H3,(H,15,18)(H,16,17). The number of hydrogen-bond donors (Lipinski definition) is 2. The summed E-state index contributed by atoms with van der Waals surface area (Å²) in [6.07, 6.45) is 6.71. The Morgan fingerprint density at radius 2 is 1.83 bits per heavy atom. The van der Waals surface area contributed by atoms with Crippen LogP contribution in [0.4, 0.5) is 0 Å². The molecule has 100 valence electrons. The maximum atomic E-state index is 12.4. The zero-order chi connectivity index (χ0) is 13.0. The summed E-state index contributed by atoms with van der Waals surface area (Å²) in [6, 6.07) is 0. The average Bonchev–Trinajstić information content (AvgIpc) is 2.22.